The maximum absolute atomic E-state index is 13.4. The number of rotatable bonds is 8. The third-order valence-corrected chi connectivity index (χ3v) is 8.62. The van der Waals surface area contributed by atoms with Crippen LogP contribution in [0.15, 0.2) is 76.4 Å². The van der Waals surface area contributed by atoms with Crippen LogP contribution >= 0.6 is 23.4 Å². The van der Waals surface area contributed by atoms with Crippen LogP contribution in [0.3, 0.4) is 0 Å². The highest BCUT2D eigenvalue weighted by atomic mass is 35.5. The van der Waals surface area contributed by atoms with Crippen molar-refractivity contribution in [3.8, 4) is 0 Å². The van der Waals surface area contributed by atoms with Gasteiger partial charge in [-0.15, -0.1) is 16.9 Å². The zero-order valence-corrected chi connectivity index (χ0v) is 22.9. The Bertz CT molecular complexity index is 1680. The van der Waals surface area contributed by atoms with E-state index in [1.807, 2.05) is 30.3 Å². The highest BCUT2D eigenvalue weighted by Gasteiger charge is 2.45. The summed E-state index contributed by atoms with van der Waals surface area (Å²) in [5.74, 6) is -3.34. The Kier molecular flexibility index (Phi) is 8.19. The largest absolute Gasteiger partial charge is 0.481 e. The monoisotopic (exact) mass is 601 g/mol. The Morgan fingerprint density at radius 3 is 2.49 bits per heavy atom. The number of thioether (sulfide) groups is 1. The Hall–Kier alpha value is -3.70. The zero-order valence-electron chi connectivity index (χ0n) is 21.3. The molecule has 41 heavy (non-hydrogen) atoms. The van der Waals surface area contributed by atoms with Crippen molar-refractivity contribution in [3.05, 3.63) is 98.8 Å². The second kappa shape index (κ2) is 11.7. The van der Waals surface area contributed by atoms with Gasteiger partial charge in [-0.05, 0) is 66.8 Å². The number of hydrogen-bond donors (Lipinski definition) is 1. The fourth-order valence-corrected chi connectivity index (χ4v) is 6.33. The summed E-state index contributed by atoms with van der Waals surface area (Å²) in [6, 6.07) is 17.1. The molecule has 0 radical (unpaired) electrons. The number of benzene rings is 3. The standard InChI is InChI=1S/C29H23ClF3N3O4S/c30-20-3-1-2-16(12-20)15-41-21-8-4-17(5-9-21)26(37)22-10-6-18(25(22)28(39)40)14-36-27(38)23-13-19(29(31,32)33)7-11-24(23)34-35-36/h1-5,7-9,11-13,18,22,25H,6,10,14-15H2,(H,39,40)/t18-,22-,25-/m0/s1. The van der Waals surface area contributed by atoms with E-state index >= 15 is 0 Å². The number of aromatic nitrogens is 3. The molecule has 0 saturated heterocycles. The summed E-state index contributed by atoms with van der Waals surface area (Å²) in [5.41, 5.74) is -0.352. The van der Waals surface area contributed by atoms with Gasteiger partial charge >= 0.3 is 12.1 Å². The topological polar surface area (TPSA) is 102 Å². The van der Waals surface area contributed by atoms with Crippen molar-refractivity contribution in [2.24, 2.45) is 17.8 Å². The van der Waals surface area contributed by atoms with E-state index in [0.29, 0.717) is 29.2 Å². The maximum atomic E-state index is 13.4. The van der Waals surface area contributed by atoms with Gasteiger partial charge in [-0.25, -0.2) is 4.68 Å². The molecule has 1 fully saturated rings. The summed E-state index contributed by atoms with van der Waals surface area (Å²) in [6.07, 6.45) is -4.02. The predicted molar refractivity (Wildman–Crippen MR) is 148 cm³/mol. The molecule has 1 aliphatic carbocycles. The summed E-state index contributed by atoms with van der Waals surface area (Å²) < 4.78 is 40.4. The number of carboxylic acids is 1. The molecule has 1 saturated carbocycles. The zero-order chi connectivity index (χ0) is 29.3. The second-order valence-corrected chi connectivity index (χ2v) is 11.4. The van der Waals surface area contributed by atoms with Crippen molar-refractivity contribution in [1.82, 2.24) is 15.0 Å². The van der Waals surface area contributed by atoms with Crippen molar-refractivity contribution in [3.63, 3.8) is 0 Å². The van der Waals surface area contributed by atoms with Crippen molar-refractivity contribution in [1.29, 1.82) is 0 Å². The number of fused-ring (bicyclic) bond motifs is 1. The van der Waals surface area contributed by atoms with Gasteiger partial charge in [-0.3, -0.25) is 14.4 Å². The number of halogens is 4. The molecule has 1 N–H and O–H groups in total. The number of nitrogens with zero attached hydrogens (tertiary/aromatic N) is 3. The molecule has 212 valence electrons. The van der Waals surface area contributed by atoms with Gasteiger partial charge in [0.05, 0.1) is 23.4 Å². The molecule has 7 nitrogen and oxygen atoms in total. The van der Waals surface area contributed by atoms with Crippen LogP contribution in [0, 0.1) is 17.8 Å². The minimum Gasteiger partial charge on any atom is -0.481 e. The third kappa shape index (κ3) is 6.31. The first-order chi connectivity index (χ1) is 19.5. The second-order valence-electron chi connectivity index (χ2n) is 9.92. The summed E-state index contributed by atoms with van der Waals surface area (Å²) in [7, 11) is 0. The number of ketones is 1. The Balaban J connectivity index is 1.31. The summed E-state index contributed by atoms with van der Waals surface area (Å²) in [5, 5.41) is 18.1. The fourth-order valence-electron chi connectivity index (χ4n) is 5.27. The predicted octanol–water partition coefficient (Wildman–Crippen LogP) is 6.37. The highest BCUT2D eigenvalue weighted by Crippen LogP contribution is 2.40. The van der Waals surface area contributed by atoms with Crippen LogP contribution in [0.2, 0.25) is 5.02 Å². The van der Waals surface area contributed by atoms with E-state index < -0.39 is 41.0 Å². The number of alkyl halides is 3. The van der Waals surface area contributed by atoms with Gasteiger partial charge in [0.1, 0.15) is 5.52 Å². The third-order valence-electron chi connectivity index (χ3n) is 7.30. The summed E-state index contributed by atoms with van der Waals surface area (Å²) in [6.45, 7) is -0.183. The van der Waals surface area contributed by atoms with Crippen LogP contribution in [-0.4, -0.2) is 31.9 Å². The molecular weight excluding hydrogens is 579 g/mol. The molecule has 1 aromatic heterocycles. The molecule has 3 atom stereocenters. The van der Waals surface area contributed by atoms with Crippen molar-refractivity contribution in [2.75, 3.05) is 0 Å². The van der Waals surface area contributed by atoms with Gasteiger partial charge in [0.15, 0.2) is 5.78 Å². The molecule has 1 heterocycles. The Morgan fingerprint density at radius 2 is 1.80 bits per heavy atom. The smallest absolute Gasteiger partial charge is 0.416 e. The number of aliphatic carboxylic acids is 1. The minimum atomic E-state index is -4.64. The quantitative estimate of drug-likeness (QED) is 0.185. The van der Waals surface area contributed by atoms with Gasteiger partial charge in [-0.1, -0.05) is 41.1 Å². The minimum absolute atomic E-state index is 0.00249. The van der Waals surface area contributed by atoms with E-state index in [4.69, 9.17) is 11.6 Å². The van der Waals surface area contributed by atoms with Gasteiger partial charge in [0.2, 0.25) is 0 Å². The number of carbonyl (C=O) groups excluding carboxylic acids is 1. The van der Waals surface area contributed by atoms with E-state index in [2.05, 4.69) is 10.3 Å². The van der Waals surface area contributed by atoms with Gasteiger partial charge in [0, 0.05) is 27.2 Å². The first-order valence-electron chi connectivity index (χ1n) is 12.7. The average Bonchev–Trinajstić information content (AvgIpc) is 3.36. The number of carbonyl (C=O) groups is 2. The van der Waals surface area contributed by atoms with Crippen LogP contribution < -0.4 is 5.56 Å². The van der Waals surface area contributed by atoms with Crippen LogP contribution in [0.1, 0.15) is 34.3 Å². The first kappa shape index (κ1) is 28.8. The number of hydrogen-bond acceptors (Lipinski definition) is 6. The van der Waals surface area contributed by atoms with E-state index in [-0.39, 0.29) is 23.2 Å². The number of carboxylic acid groups (broad SMARTS) is 1. The first-order valence-corrected chi connectivity index (χ1v) is 14.1. The molecular formula is C29H23ClF3N3O4S. The lowest BCUT2D eigenvalue weighted by atomic mass is 9.84. The molecule has 0 amide bonds. The van der Waals surface area contributed by atoms with E-state index in [1.165, 1.54) is 0 Å². The summed E-state index contributed by atoms with van der Waals surface area (Å²) in [4.78, 5) is 39.6. The van der Waals surface area contributed by atoms with Crippen LogP contribution in [-0.2, 0) is 23.3 Å². The Morgan fingerprint density at radius 1 is 1.05 bits per heavy atom. The summed E-state index contributed by atoms with van der Waals surface area (Å²) >= 11 is 7.61. The highest BCUT2D eigenvalue weighted by molar-refractivity contribution is 7.98. The van der Waals surface area contributed by atoms with E-state index in [9.17, 15) is 32.7 Å². The van der Waals surface area contributed by atoms with E-state index in [1.54, 1.807) is 30.0 Å². The molecule has 0 spiro atoms. The number of Topliss-reactive ketones (excluding diaryl/α,β-unsaturated/α-hetero) is 1. The fraction of sp³-hybridized carbons (Fsp3) is 0.276. The van der Waals surface area contributed by atoms with E-state index in [0.717, 1.165) is 33.3 Å². The molecule has 0 unspecified atom stereocenters. The van der Waals surface area contributed by atoms with Crippen molar-refractivity contribution < 1.29 is 27.9 Å². The van der Waals surface area contributed by atoms with Gasteiger partial charge in [0.25, 0.3) is 5.56 Å². The molecule has 0 bridgehead atoms. The van der Waals surface area contributed by atoms with Crippen molar-refractivity contribution >= 4 is 46.0 Å². The van der Waals surface area contributed by atoms with Gasteiger partial charge < -0.3 is 5.11 Å². The molecule has 0 aliphatic heterocycles. The van der Waals surface area contributed by atoms with Crippen molar-refractivity contribution in [2.45, 2.75) is 36.2 Å². The lowest BCUT2D eigenvalue weighted by Gasteiger charge is -2.20. The van der Waals surface area contributed by atoms with Crippen LogP contribution in [0.25, 0.3) is 10.9 Å². The molecule has 1 aliphatic rings. The maximum Gasteiger partial charge on any atom is 0.416 e. The average molecular weight is 602 g/mol. The lowest BCUT2D eigenvalue weighted by Crippen LogP contribution is -2.34. The molecule has 3 aromatic carbocycles. The normalized spacial score (nSPS) is 19.0. The molecule has 4 aromatic rings. The van der Waals surface area contributed by atoms with Crippen LogP contribution in [0.5, 0.6) is 0 Å². The van der Waals surface area contributed by atoms with Crippen LogP contribution in [0.4, 0.5) is 13.2 Å². The molecule has 12 heteroatoms. The van der Waals surface area contributed by atoms with Gasteiger partial charge in [-0.2, -0.15) is 13.2 Å². The Labute approximate surface area is 241 Å². The lowest BCUT2D eigenvalue weighted by molar-refractivity contribution is -0.144. The molecule has 5 rings (SSSR count). The SMILES string of the molecule is O=C(O)[C@H]1[C@H](Cn2nnc3ccc(C(F)(F)F)cc3c2=O)CC[C@@H]1C(=O)c1ccc(SCc2cccc(Cl)c2)cc1.